The number of nitrogens with one attached hydrogen (secondary N) is 1. The summed E-state index contributed by atoms with van der Waals surface area (Å²) in [5.74, 6) is -1.44. The number of aromatic amines is 1. The normalized spacial score (nSPS) is 12.1. The highest BCUT2D eigenvalue weighted by atomic mass is 19.1. The van der Waals surface area contributed by atoms with Crippen molar-refractivity contribution in [2.24, 2.45) is 5.92 Å². The summed E-state index contributed by atoms with van der Waals surface area (Å²) in [6, 6.07) is 0. The fourth-order valence-corrected chi connectivity index (χ4v) is 2.15. The van der Waals surface area contributed by atoms with Gasteiger partial charge in [-0.25, -0.2) is 4.79 Å². The number of halogens is 1. The highest BCUT2D eigenvalue weighted by molar-refractivity contribution is 5.72. The van der Waals surface area contributed by atoms with Crippen LogP contribution in [0.5, 0.6) is 0 Å². The van der Waals surface area contributed by atoms with Crippen molar-refractivity contribution in [1.82, 2.24) is 9.55 Å². The summed E-state index contributed by atoms with van der Waals surface area (Å²) in [5, 5.41) is 0. The van der Waals surface area contributed by atoms with Crippen LogP contribution >= 0.6 is 0 Å². The van der Waals surface area contributed by atoms with Crippen molar-refractivity contribution < 1.29 is 13.9 Å². The van der Waals surface area contributed by atoms with Crippen LogP contribution in [0.15, 0.2) is 15.8 Å². The molecule has 7 heteroatoms. The van der Waals surface area contributed by atoms with E-state index in [0.717, 1.165) is 17.2 Å². The van der Waals surface area contributed by atoms with E-state index in [1.807, 2.05) is 11.9 Å². The molecule has 21 heavy (non-hydrogen) atoms. The SMILES string of the molecule is CCCC(CCCn1cc(F)c(=O)[nH]c1=O)C(=O)OCC. The van der Waals surface area contributed by atoms with Crippen molar-refractivity contribution in [3.63, 3.8) is 0 Å². The molecule has 1 rings (SSSR count). The molecule has 6 nitrogen and oxygen atoms in total. The predicted octanol–water partition coefficient (Wildman–Crippen LogP) is 1.44. The molecule has 0 spiro atoms. The number of hydrogen-bond acceptors (Lipinski definition) is 4. The van der Waals surface area contributed by atoms with E-state index in [1.54, 1.807) is 6.92 Å². The molecule has 0 bridgehead atoms. The van der Waals surface area contributed by atoms with Crippen LogP contribution in [0.2, 0.25) is 0 Å². The summed E-state index contributed by atoms with van der Waals surface area (Å²) in [6.07, 6.45) is 3.54. The molecule has 118 valence electrons. The van der Waals surface area contributed by atoms with E-state index < -0.39 is 17.1 Å². The number of carbonyl (C=O) groups excluding carboxylic acids is 1. The summed E-state index contributed by atoms with van der Waals surface area (Å²) < 4.78 is 19.2. The molecule has 0 amide bonds. The number of aromatic nitrogens is 2. The molecule has 0 aliphatic rings. The Bertz CT molecular complexity index is 579. The molecule has 0 aliphatic carbocycles. The van der Waals surface area contributed by atoms with Gasteiger partial charge in [0, 0.05) is 6.54 Å². The Balaban J connectivity index is 2.62. The largest absolute Gasteiger partial charge is 0.466 e. The van der Waals surface area contributed by atoms with Crippen LogP contribution in [-0.4, -0.2) is 22.1 Å². The zero-order valence-corrected chi connectivity index (χ0v) is 12.4. The topological polar surface area (TPSA) is 81.2 Å². The molecule has 0 saturated heterocycles. The van der Waals surface area contributed by atoms with Crippen LogP contribution < -0.4 is 11.2 Å². The second-order valence-electron chi connectivity index (χ2n) is 4.81. The molecule has 1 aromatic rings. The number of rotatable bonds is 8. The zero-order valence-electron chi connectivity index (χ0n) is 12.4. The fourth-order valence-electron chi connectivity index (χ4n) is 2.15. The van der Waals surface area contributed by atoms with Crippen LogP contribution in [0.1, 0.15) is 39.5 Å². The Labute approximate surface area is 121 Å². The number of esters is 1. The lowest BCUT2D eigenvalue weighted by Gasteiger charge is -2.14. The van der Waals surface area contributed by atoms with E-state index >= 15 is 0 Å². The van der Waals surface area contributed by atoms with E-state index in [1.165, 1.54) is 0 Å². The fraction of sp³-hybridized carbons (Fsp3) is 0.643. The van der Waals surface area contributed by atoms with Gasteiger partial charge in [-0.3, -0.25) is 19.1 Å². The zero-order chi connectivity index (χ0) is 15.8. The highest BCUT2D eigenvalue weighted by Gasteiger charge is 2.18. The van der Waals surface area contributed by atoms with Crippen LogP contribution in [-0.2, 0) is 16.1 Å². The summed E-state index contributed by atoms with van der Waals surface area (Å²) in [7, 11) is 0. The first-order valence-electron chi connectivity index (χ1n) is 7.15. The smallest absolute Gasteiger partial charge is 0.328 e. The van der Waals surface area contributed by atoms with E-state index in [2.05, 4.69) is 0 Å². The molecule has 0 aliphatic heterocycles. The van der Waals surface area contributed by atoms with Crippen LogP contribution in [0.3, 0.4) is 0 Å². The molecular formula is C14H21FN2O4. The van der Waals surface area contributed by atoms with Gasteiger partial charge in [0.1, 0.15) is 0 Å². The van der Waals surface area contributed by atoms with E-state index in [9.17, 15) is 18.8 Å². The summed E-state index contributed by atoms with van der Waals surface area (Å²) >= 11 is 0. The van der Waals surface area contributed by atoms with Crippen molar-refractivity contribution >= 4 is 5.97 Å². The Morgan fingerprint density at radius 2 is 2.10 bits per heavy atom. The number of aryl methyl sites for hydroxylation is 1. The Morgan fingerprint density at radius 3 is 2.71 bits per heavy atom. The van der Waals surface area contributed by atoms with Crippen molar-refractivity contribution in [3.05, 3.63) is 32.9 Å². The third-order valence-electron chi connectivity index (χ3n) is 3.18. The van der Waals surface area contributed by atoms with Gasteiger partial charge >= 0.3 is 11.7 Å². The molecule has 0 radical (unpaired) electrons. The molecule has 0 saturated carbocycles. The van der Waals surface area contributed by atoms with E-state index in [4.69, 9.17) is 4.74 Å². The van der Waals surface area contributed by atoms with E-state index in [0.29, 0.717) is 25.9 Å². The molecule has 1 atom stereocenters. The third kappa shape index (κ3) is 5.17. The molecule has 1 aromatic heterocycles. The summed E-state index contributed by atoms with van der Waals surface area (Å²) in [6.45, 7) is 4.31. The average Bonchev–Trinajstić information content (AvgIpc) is 2.43. The maximum absolute atomic E-state index is 13.1. The number of nitrogens with zero attached hydrogens (tertiary/aromatic N) is 1. The number of hydrogen-bond donors (Lipinski definition) is 1. The highest BCUT2D eigenvalue weighted by Crippen LogP contribution is 2.16. The predicted molar refractivity (Wildman–Crippen MR) is 75.5 cm³/mol. The molecule has 1 unspecified atom stereocenters. The van der Waals surface area contributed by atoms with Gasteiger partial charge in [0.25, 0.3) is 5.56 Å². The second kappa shape index (κ2) is 8.39. The van der Waals surface area contributed by atoms with Crippen LogP contribution in [0.4, 0.5) is 4.39 Å². The lowest BCUT2D eigenvalue weighted by Crippen LogP contribution is -2.31. The first kappa shape index (κ1) is 17.1. The van der Waals surface area contributed by atoms with Crippen molar-refractivity contribution in [3.8, 4) is 0 Å². The standard InChI is InChI=1S/C14H21FN2O4/c1-3-6-10(13(19)21-4-2)7-5-8-17-9-11(15)12(18)16-14(17)20/h9-10H,3-8H2,1-2H3,(H,16,18,20). The maximum Gasteiger partial charge on any atom is 0.328 e. The molecule has 0 aromatic carbocycles. The van der Waals surface area contributed by atoms with Crippen molar-refractivity contribution in [2.75, 3.05) is 6.61 Å². The van der Waals surface area contributed by atoms with Crippen molar-refractivity contribution in [2.45, 2.75) is 46.1 Å². The minimum atomic E-state index is -1.02. The molecule has 1 heterocycles. The number of H-pyrrole nitrogens is 1. The van der Waals surface area contributed by atoms with Gasteiger partial charge in [0.05, 0.1) is 18.7 Å². The van der Waals surface area contributed by atoms with Gasteiger partial charge < -0.3 is 4.74 Å². The lowest BCUT2D eigenvalue weighted by atomic mass is 9.98. The first-order chi connectivity index (χ1) is 9.99. The van der Waals surface area contributed by atoms with Crippen LogP contribution in [0, 0.1) is 11.7 Å². The summed E-state index contributed by atoms with van der Waals surface area (Å²) in [4.78, 5) is 36.0. The number of carbonyl (C=O) groups is 1. The van der Waals surface area contributed by atoms with Gasteiger partial charge in [0.2, 0.25) is 5.82 Å². The van der Waals surface area contributed by atoms with Crippen LogP contribution in [0.25, 0.3) is 0 Å². The quantitative estimate of drug-likeness (QED) is 0.736. The maximum atomic E-state index is 13.1. The number of ether oxygens (including phenoxy) is 1. The molecular weight excluding hydrogens is 279 g/mol. The summed E-state index contributed by atoms with van der Waals surface area (Å²) in [5.41, 5.74) is -1.67. The first-order valence-corrected chi connectivity index (χ1v) is 7.15. The third-order valence-corrected chi connectivity index (χ3v) is 3.18. The monoisotopic (exact) mass is 300 g/mol. The van der Waals surface area contributed by atoms with Gasteiger partial charge in [0.15, 0.2) is 0 Å². The lowest BCUT2D eigenvalue weighted by molar-refractivity contribution is -0.148. The average molecular weight is 300 g/mol. The minimum absolute atomic E-state index is 0.210. The Kier molecular flexibility index (Phi) is 6.84. The van der Waals surface area contributed by atoms with Gasteiger partial charge in [-0.1, -0.05) is 13.3 Å². The molecule has 0 fully saturated rings. The molecule has 1 N–H and O–H groups in total. The second-order valence-corrected chi connectivity index (χ2v) is 4.81. The Morgan fingerprint density at radius 1 is 1.38 bits per heavy atom. The van der Waals surface area contributed by atoms with Crippen molar-refractivity contribution in [1.29, 1.82) is 0 Å². The van der Waals surface area contributed by atoms with Gasteiger partial charge in [-0.05, 0) is 26.2 Å². The minimum Gasteiger partial charge on any atom is -0.466 e. The van der Waals surface area contributed by atoms with Gasteiger partial charge in [-0.2, -0.15) is 4.39 Å². The van der Waals surface area contributed by atoms with Gasteiger partial charge in [-0.15, -0.1) is 0 Å². The van der Waals surface area contributed by atoms with E-state index in [-0.39, 0.29) is 18.4 Å². The Hall–Kier alpha value is -1.92.